The molecule has 15 heavy (non-hydrogen) atoms. The van der Waals surface area contributed by atoms with Gasteiger partial charge in [0.2, 0.25) is 0 Å². The molecule has 2 aromatic rings. The lowest BCUT2D eigenvalue weighted by molar-refractivity contribution is 0.0697. The Kier molecular flexibility index (Phi) is 2.77. The summed E-state index contributed by atoms with van der Waals surface area (Å²) in [5.74, 6) is 0. The number of fused-ring (bicyclic) bond motifs is 1. The highest BCUT2D eigenvalue weighted by Gasteiger charge is 2.24. The van der Waals surface area contributed by atoms with Crippen molar-refractivity contribution < 1.29 is 10.2 Å². The van der Waals surface area contributed by atoms with Crippen molar-refractivity contribution >= 4 is 16.3 Å². The lowest BCUT2D eigenvalue weighted by Gasteiger charge is -2.22. The molecule has 0 bridgehead atoms. The van der Waals surface area contributed by atoms with Crippen molar-refractivity contribution in [3.8, 4) is 0 Å². The fourth-order valence-electron chi connectivity index (χ4n) is 1.46. The van der Waals surface area contributed by atoms with Crippen molar-refractivity contribution in [1.29, 1.82) is 0 Å². The highest BCUT2D eigenvalue weighted by Crippen LogP contribution is 2.22. The maximum Gasteiger partial charge on any atom is 0.193 e. The number of hydrogen-bond acceptors (Lipinski definition) is 4. The molecule has 2 aromatic heterocycles. The minimum Gasteiger partial charge on any atom is -0.396 e. The first kappa shape index (κ1) is 10.6. The zero-order valence-electron chi connectivity index (χ0n) is 8.55. The van der Waals surface area contributed by atoms with Crippen LogP contribution in [-0.4, -0.2) is 32.8 Å². The number of aliphatic hydroxyl groups is 2. The number of nitrogens with zero attached hydrogens (tertiary/aromatic N) is 2. The second-order valence-electron chi connectivity index (χ2n) is 4.13. The first-order chi connectivity index (χ1) is 7.17. The van der Waals surface area contributed by atoms with Gasteiger partial charge >= 0.3 is 0 Å². The van der Waals surface area contributed by atoms with Crippen LogP contribution in [-0.2, 0) is 6.42 Å². The molecule has 0 saturated heterocycles. The topological polar surface area (TPSA) is 57.8 Å². The molecule has 0 atom stereocenters. The molecule has 2 rings (SSSR count). The molecule has 5 heteroatoms. The fourth-order valence-corrected chi connectivity index (χ4v) is 2.18. The fraction of sp³-hybridized carbons (Fsp3) is 0.500. The molecule has 4 nitrogen and oxygen atoms in total. The summed E-state index contributed by atoms with van der Waals surface area (Å²) in [5.41, 5.74) is 0.428. The predicted molar refractivity (Wildman–Crippen MR) is 59.1 cm³/mol. The standard InChI is InChI=1S/C10H14N2O2S/c1-10(6-13,7-14)4-8-5-12-2-3-15-9(12)11-8/h2-3,5,13-14H,4,6-7H2,1H3. The maximum atomic E-state index is 9.18. The van der Waals surface area contributed by atoms with E-state index in [-0.39, 0.29) is 13.2 Å². The molecule has 0 spiro atoms. The second-order valence-corrected chi connectivity index (χ2v) is 5.00. The average molecular weight is 226 g/mol. The van der Waals surface area contributed by atoms with Crippen molar-refractivity contribution in [1.82, 2.24) is 9.38 Å². The Hall–Kier alpha value is -0.910. The summed E-state index contributed by atoms with van der Waals surface area (Å²) >= 11 is 1.58. The van der Waals surface area contributed by atoms with E-state index in [9.17, 15) is 10.2 Å². The predicted octanol–water partition coefficient (Wildman–Crippen LogP) is 0.929. The summed E-state index contributed by atoms with van der Waals surface area (Å²) < 4.78 is 1.95. The van der Waals surface area contributed by atoms with Gasteiger partial charge in [0.05, 0.1) is 18.9 Å². The Morgan fingerprint density at radius 1 is 1.47 bits per heavy atom. The third-order valence-electron chi connectivity index (χ3n) is 2.51. The van der Waals surface area contributed by atoms with Crippen LogP contribution in [0.15, 0.2) is 17.8 Å². The van der Waals surface area contributed by atoms with Gasteiger partial charge in [-0.3, -0.25) is 4.40 Å². The van der Waals surface area contributed by atoms with Gasteiger partial charge in [-0.15, -0.1) is 11.3 Å². The minimum absolute atomic E-state index is 0.0331. The van der Waals surface area contributed by atoms with E-state index in [2.05, 4.69) is 4.98 Å². The molecular weight excluding hydrogens is 212 g/mol. The van der Waals surface area contributed by atoms with E-state index in [4.69, 9.17) is 0 Å². The molecule has 0 radical (unpaired) electrons. The van der Waals surface area contributed by atoms with Gasteiger partial charge in [0.1, 0.15) is 0 Å². The SMILES string of the molecule is CC(CO)(CO)Cc1cn2ccsc2n1. The van der Waals surface area contributed by atoms with Gasteiger partial charge in [-0.2, -0.15) is 0 Å². The number of aromatic nitrogens is 2. The largest absolute Gasteiger partial charge is 0.396 e. The van der Waals surface area contributed by atoms with E-state index in [1.54, 1.807) is 11.3 Å². The second kappa shape index (κ2) is 3.92. The molecule has 0 aliphatic carbocycles. The molecule has 2 N–H and O–H groups in total. The summed E-state index contributed by atoms with van der Waals surface area (Å²) in [6.45, 7) is 1.78. The molecule has 0 saturated carbocycles. The van der Waals surface area contributed by atoms with Crippen LogP contribution in [0.5, 0.6) is 0 Å². The molecular formula is C10H14N2O2S. The van der Waals surface area contributed by atoms with E-state index in [1.165, 1.54) is 0 Å². The Labute approximate surface area is 91.8 Å². The van der Waals surface area contributed by atoms with Crippen LogP contribution < -0.4 is 0 Å². The quantitative estimate of drug-likeness (QED) is 0.815. The molecule has 0 aliphatic rings. The summed E-state index contributed by atoms with van der Waals surface area (Å²) in [4.78, 5) is 5.36. The summed E-state index contributed by atoms with van der Waals surface area (Å²) in [6, 6.07) is 0. The third-order valence-corrected chi connectivity index (χ3v) is 3.29. The van der Waals surface area contributed by atoms with Crippen molar-refractivity contribution in [2.75, 3.05) is 13.2 Å². The average Bonchev–Trinajstić information content (AvgIpc) is 2.77. The number of thiazole rings is 1. The van der Waals surface area contributed by atoms with E-state index in [0.29, 0.717) is 6.42 Å². The third kappa shape index (κ3) is 2.04. The van der Waals surface area contributed by atoms with Crippen LogP contribution in [0.4, 0.5) is 0 Å². The molecule has 2 heterocycles. The van der Waals surface area contributed by atoms with Crippen LogP contribution in [0.25, 0.3) is 4.96 Å². The van der Waals surface area contributed by atoms with Crippen molar-refractivity contribution in [3.63, 3.8) is 0 Å². The van der Waals surface area contributed by atoms with Crippen LogP contribution >= 0.6 is 11.3 Å². The van der Waals surface area contributed by atoms with Gasteiger partial charge in [0, 0.05) is 29.6 Å². The summed E-state index contributed by atoms with van der Waals surface area (Å²) in [5, 5.41) is 20.3. The van der Waals surface area contributed by atoms with Crippen LogP contribution in [0.1, 0.15) is 12.6 Å². The number of aliphatic hydroxyl groups excluding tert-OH is 2. The van der Waals surface area contributed by atoms with Gasteiger partial charge in [0.25, 0.3) is 0 Å². The lowest BCUT2D eigenvalue weighted by Crippen LogP contribution is -2.28. The number of imidazole rings is 1. The van der Waals surface area contributed by atoms with Crippen molar-refractivity contribution in [2.24, 2.45) is 5.41 Å². The normalized spacial score (nSPS) is 12.5. The highest BCUT2D eigenvalue weighted by atomic mass is 32.1. The van der Waals surface area contributed by atoms with Crippen molar-refractivity contribution in [3.05, 3.63) is 23.5 Å². The zero-order valence-corrected chi connectivity index (χ0v) is 9.37. The monoisotopic (exact) mass is 226 g/mol. The maximum absolute atomic E-state index is 9.18. The van der Waals surface area contributed by atoms with E-state index >= 15 is 0 Å². The Morgan fingerprint density at radius 3 is 2.80 bits per heavy atom. The zero-order chi connectivity index (χ0) is 10.9. The Balaban J connectivity index is 2.21. The van der Waals surface area contributed by atoms with E-state index in [0.717, 1.165) is 10.7 Å². The number of rotatable bonds is 4. The Morgan fingerprint density at radius 2 is 2.20 bits per heavy atom. The minimum atomic E-state index is -0.482. The first-order valence-electron chi connectivity index (χ1n) is 4.80. The van der Waals surface area contributed by atoms with Gasteiger partial charge < -0.3 is 10.2 Å². The first-order valence-corrected chi connectivity index (χ1v) is 5.68. The smallest absolute Gasteiger partial charge is 0.193 e. The van der Waals surface area contributed by atoms with Crippen molar-refractivity contribution in [2.45, 2.75) is 13.3 Å². The van der Waals surface area contributed by atoms with Gasteiger partial charge in [-0.1, -0.05) is 6.92 Å². The summed E-state index contributed by atoms with van der Waals surface area (Å²) in [6.07, 6.45) is 4.48. The molecule has 82 valence electrons. The molecule has 0 unspecified atom stereocenters. The van der Waals surface area contributed by atoms with Gasteiger partial charge in [0.15, 0.2) is 4.96 Å². The molecule has 0 aliphatic heterocycles. The van der Waals surface area contributed by atoms with Crippen LogP contribution in [0.2, 0.25) is 0 Å². The van der Waals surface area contributed by atoms with Gasteiger partial charge in [-0.25, -0.2) is 4.98 Å². The Bertz CT molecular complexity index is 416. The highest BCUT2D eigenvalue weighted by molar-refractivity contribution is 7.15. The number of hydrogen-bond donors (Lipinski definition) is 2. The van der Waals surface area contributed by atoms with E-state index in [1.807, 2.05) is 29.1 Å². The molecule has 0 amide bonds. The molecule has 0 aromatic carbocycles. The van der Waals surface area contributed by atoms with Gasteiger partial charge in [-0.05, 0) is 0 Å². The summed E-state index contributed by atoms with van der Waals surface area (Å²) in [7, 11) is 0. The van der Waals surface area contributed by atoms with Crippen LogP contribution in [0, 0.1) is 5.41 Å². The van der Waals surface area contributed by atoms with Crippen LogP contribution in [0.3, 0.4) is 0 Å². The lowest BCUT2D eigenvalue weighted by atomic mass is 9.88. The molecule has 0 fully saturated rings. The van der Waals surface area contributed by atoms with E-state index < -0.39 is 5.41 Å².